The van der Waals surface area contributed by atoms with Crippen molar-refractivity contribution in [1.29, 1.82) is 0 Å². The summed E-state index contributed by atoms with van der Waals surface area (Å²) in [5, 5.41) is 6.80. The number of ether oxygens (including phenoxy) is 1. The van der Waals surface area contributed by atoms with Gasteiger partial charge in [0.1, 0.15) is 0 Å². The zero-order valence-electron chi connectivity index (χ0n) is 13.4. The highest BCUT2D eigenvalue weighted by molar-refractivity contribution is 14.0. The molecule has 0 spiro atoms. The molecule has 0 aromatic heterocycles. The van der Waals surface area contributed by atoms with E-state index >= 15 is 0 Å². The summed E-state index contributed by atoms with van der Waals surface area (Å²) in [5.74, 6) is 1.89. The van der Waals surface area contributed by atoms with Crippen LogP contribution in [-0.2, 0) is 4.74 Å². The van der Waals surface area contributed by atoms with Crippen LogP contribution in [0.4, 0.5) is 0 Å². The molecule has 4 nitrogen and oxygen atoms in total. The van der Waals surface area contributed by atoms with Gasteiger partial charge >= 0.3 is 0 Å². The molecule has 1 saturated heterocycles. The van der Waals surface area contributed by atoms with Crippen LogP contribution < -0.4 is 10.6 Å². The van der Waals surface area contributed by atoms with Gasteiger partial charge in [-0.3, -0.25) is 4.99 Å². The number of hydrogen-bond acceptors (Lipinski definition) is 2. The number of halogens is 1. The minimum atomic E-state index is 0. The number of guanidine groups is 1. The zero-order valence-corrected chi connectivity index (χ0v) is 15.7. The fourth-order valence-electron chi connectivity index (χ4n) is 3.19. The lowest BCUT2D eigenvalue weighted by atomic mass is 9.87. The standard InChI is InChI=1S/C16H31N3O.HI/c1-2-17-16(19-13-15-9-6-12-20-15)18-11-10-14-7-4-3-5-8-14;/h14-15H,2-13H2,1H3,(H2,17,18,19);1H. The Morgan fingerprint density at radius 3 is 2.57 bits per heavy atom. The van der Waals surface area contributed by atoms with Gasteiger partial charge in [-0.25, -0.2) is 0 Å². The molecule has 1 aliphatic heterocycles. The average Bonchev–Trinajstić information content (AvgIpc) is 2.99. The Kier molecular flexibility index (Phi) is 10.4. The summed E-state index contributed by atoms with van der Waals surface area (Å²) in [4.78, 5) is 4.65. The van der Waals surface area contributed by atoms with E-state index in [4.69, 9.17) is 4.74 Å². The molecule has 1 atom stereocenters. The van der Waals surface area contributed by atoms with Crippen molar-refractivity contribution < 1.29 is 4.74 Å². The van der Waals surface area contributed by atoms with Crippen LogP contribution >= 0.6 is 24.0 Å². The van der Waals surface area contributed by atoms with Crippen molar-refractivity contribution in [2.75, 3.05) is 26.2 Å². The summed E-state index contributed by atoms with van der Waals surface area (Å²) in [6.07, 6.45) is 11.1. The maximum Gasteiger partial charge on any atom is 0.191 e. The molecule has 1 saturated carbocycles. The second kappa shape index (κ2) is 11.5. The highest BCUT2D eigenvalue weighted by Crippen LogP contribution is 2.25. The van der Waals surface area contributed by atoms with E-state index in [0.717, 1.165) is 44.5 Å². The normalized spacial score (nSPS) is 23.7. The van der Waals surface area contributed by atoms with Gasteiger partial charge in [0.25, 0.3) is 0 Å². The molecule has 1 aliphatic carbocycles. The van der Waals surface area contributed by atoms with Crippen LogP contribution in [0.2, 0.25) is 0 Å². The van der Waals surface area contributed by atoms with Gasteiger partial charge in [0.15, 0.2) is 5.96 Å². The van der Waals surface area contributed by atoms with Gasteiger partial charge in [-0.1, -0.05) is 32.1 Å². The van der Waals surface area contributed by atoms with Crippen LogP contribution in [0, 0.1) is 5.92 Å². The van der Waals surface area contributed by atoms with Gasteiger partial charge in [-0.05, 0) is 32.1 Å². The molecule has 0 bridgehead atoms. The second-order valence-electron chi connectivity index (χ2n) is 6.07. The molecule has 1 heterocycles. The Morgan fingerprint density at radius 1 is 1.10 bits per heavy atom. The summed E-state index contributed by atoms with van der Waals surface area (Å²) in [6.45, 7) is 5.78. The van der Waals surface area contributed by atoms with Gasteiger partial charge < -0.3 is 15.4 Å². The van der Waals surface area contributed by atoms with Crippen LogP contribution in [0.1, 0.15) is 58.3 Å². The predicted octanol–water partition coefficient (Wildman–Crippen LogP) is 3.31. The summed E-state index contributed by atoms with van der Waals surface area (Å²) in [5.41, 5.74) is 0. The molecule has 2 aliphatic rings. The van der Waals surface area contributed by atoms with Crippen molar-refractivity contribution in [2.45, 2.75) is 64.4 Å². The van der Waals surface area contributed by atoms with Crippen LogP contribution in [0.25, 0.3) is 0 Å². The molecule has 0 radical (unpaired) electrons. The molecule has 1 unspecified atom stereocenters. The molecule has 2 N–H and O–H groups in total. The first kappa shape index (κ1) is 19.0. The lowest BCUT2D eigenvalue weighted by Gasteiger charge is -2.22. The number of hydrogen-bond donors (Lipinski definition) is 2. The lowest BCUT2D eigenvalue weighted by Crippen LogP contribution is -2.39. The molecule has 2 fully saturated rings. The highest BCUT2D eigenvalue weighted by Gasteiger charge is 2.15. The van der Waals surface area contributed by atoms with Gasteiger partial charge in [0.2, 0.25) is 0 Å². The Hall–Kier alpha value is -0.0400. The molecular formula is C16H32IN3O. The third-order valence-corrected chi connectivity index (χ3v) is 4.39. The SMILES string of the molecule is CCNC(=NCC1CCCO1)NCCC1CCCCC1.I. The Bertz CT molecular complexity index is 287. The molecule has 5 heteroatoms. The molecule has 124 valence electrons. The summed E-state index contributed by atoms with van der Waals surface area (Å²) < 4.78 is 5.62. The monoisotopic (exact) mass is 409 g/mol. The van der Waals surface area contributed by atoms with E-state index < -0.39 is 0 Å². The Morgan fingerprint density at radius 2 is 1.90 bits per heavy atom. The van der Waals surface area contributed by atoms with E-state index in [2.05, 4.69) is 22.5 Å². The smallest absolute Gasteiger partial charge is 0.191 e. The Labute approximate surface area is 146 Å². The maximum atomic E-state index is 5.62. The van der Waals surface area contributed by atoms with Gasteiger partial charge in [0.05, 0.1) is 12.6 Å². The lowest BCUT2D eigenvalue weighted by molar-refractivity contribution is 0.117. The van der Waals surface area contributed by atoms with Crippen LogP contribution in [-0.4, -0.2) is 38.3 Å². The molecule has 0 aromatic rings. The van der Waals surface area contributed by atoms with E-state index in [0.29, 0.717) is 6.10 Å². The third-order valence-electron chi connectivity index (χ3n) is 4.39. The first-order chi connectivity index (χ1) is 9.88. The fraction of sp³-hybridized carbons (Fsp3) is 0.938. The number of aliphatic imine (C=N–C) groups is 1. The first-order valence-corrected chi connectivity index (χ1v) is 8.52. The number of rotatable bonds is 6. The van der Waals surface area contributed by atoms with Crippen molar-refractivity contribution in [3.8, 4) is 0 Å². The predicted molar refractivity (Wildman–Crippen MR) is 99.6 cm³/mol. The van der Waals surface area contributed by atoms with Gasteiger partial charge in [-0.2, -0.15) is 0 Å². The van der Waals surface area contributed by atoms with E-state index in [1.54, 1.807) is 0 Å². The van der Waals surface area contributed by atoms with E-state index in [-0.39, 0.29) is 24.0 Å². The van der Waals surface area contributed by atoms with Crippen LogP contribution in [0.15, 0.2) is 4.99 Å². The molecule has 21 heavy (non-hydrogen) atoms. The third kappa shape index (κ3) is 7.68. The van der Waals surface area contributed by atoms with E-state index in [9.17, 15) is 0 Å². The first-order valence-electron chi connectivity index (χ1n) is 8.52. The van der Waals surface area contributed by atoms with Crippen LogP contribution in [0.3, 0.4) is 0 Å². The average molecular weight is 409 g/mol. The van der Waals surface area contributed by atoms with Crippen LogP contribution in [0.5, 0.6) is 0 Å². The van der Waals surface area contributed by atoms with Gasteiger partial charge in [-0.15, -0.1) is 24.0 Å². The summed E-state index contributed by atoms with van der Waals surface area (Å²) in [7, 11) is 0. The molecular weight excluding hydrogens is 377 g/mol. The summed E-state index contributed by atoms with van der Waals surface area (Å²) >= 11 is 0. The van der Waals surface area contributed by atoms with Crippen molar-refractivity contribution in [1.82, 2.24) is 10.6 Å². The topological polar surface area (TPSA) is 45.7 Å². The minimum Gasteiger partial charge on any atom is -0.376 e. The van der Waals surface area contributed by atoms with Crippen molar-refractivity contribution in [2.24, 2.45) is 10.9 Å². The summed E-state index contributed by atoms with van der Waals surface area (Å²) in [6, 6.07) is 0. The number of nitrogens with zero attached hydrogens (tertiary/aromatic N) is 1. The minimum absolute atomic E-state index is 0. The quantitative estimate of drug-likeness (QED) is 0.402. The fourth-order valence-corrected chi connectivity index (χ4v) is 3.19. The van der Waals surface area contributed by atoms with Crippen molar-refractivity contribution in [3.05, 3.63) is 0 Å². The van der Waals surface area contributed by atoms with Gasteiger partial charge in [0, 0.05) is 19.7 Å². The molecule has 2 rings (SSSR count). The highest BCUT2D eigenvalue weighted by atomic mass is 127. The largest absolute Gasteiger partial charge is 0.376 e. The van der Waals surface area contributed by atoms with E-state index in [1.165, 1.54) is 44.9 Å². The Balaban J connectivity index is 0.00000220. The number of nitrogens with one attached hydrogen (secondary N) is 2. The molecule has 0 amide bonds. The van der Waals surface area contributed by atoms with E-state index in [1.807, 2.05) is 0 Å². The van der Waals surface area contributed by atoms with Crippen molar-refractivity contribution >= 4 is 29.9 Å². The maximum absolute atomic E-state index is 5.62. The molecule has 0 aromatic carbocycles. The zero-order chi connectivity index (χ0) is 14.0. The second-order valence-corrected chi connectivity index (χ2v) is 6.07. The van der Waals surface area contributed by atoms with Crippen molar-refractivity contribution in [3.63, 3.8) is 0 Å².